The summed E-state index contributed by atoms with van der Waals surface area (Å²) in [6.45, 7) is 7.08. The van der Waals surface area contributed by atoms with E-state index in [1.54, 1.807) is 30.3 Å². The zero-order valence-corrected chi connectivity index (χ0v) is 21.2. The third-order valence-corrected chi connectivity index (χ3v) is 6.54. The van der Waals surface area contributed by atoms with Gasteiger partial charge in [0.05, 0.1) is 24.0 Å². The highest BCUT2D eigenvalue weighted by Gasteiger charge is 2.19. The molecule has 0 aliphatic carbocycles. The first-order valence-corrected chi connectivity index (χ1v) is 12.5. The minimum absolute atomic E-state index is 0.115. The molecule has 0 bridgehead atoms. The van der Waals surface area contributed by atoms with Crippen LogP contribution < -0.4 is 21.1 Å². The van der Waals surface area contributed by atoms with Gasteiger partial charge in [-0.2, -0.15) is 0 Å². The van der Waals surface area contributed by atoms with E-state index in [-0.39, 0.29) is 29.8 Å². The first-order valence-electron chi connectivity index (χ1n) is 12.5. The van der Waals surface area contributed by atoms with Crippen LogP contribution in [0.25, 0.3) is 22.2 Å². The molecule has 0 radical (unpaired) electrons. The number of carbonyl (C=O) groups is 1. The van der Waals surface area contributed by atoms with Crippen molar-refractivity contribution in [2.24, 2.45) is 0 Å². The van der Waals surface area contributed by atoms with Crippen molar-refractivity contribution >= 4 is 40.0 Å². The molecule has 1 aliphatic rings. The minimum Gasteiger partial charge on any atom is -0.395 e. The zero-order chi connectivity index (χ0) is 27.4. The van der Waals surface area contributed by atoms with Crippen LogP contribution in [0, 0.1) is 5.82 Å². The summed E-state index contributed by atoms with van der Waals surface area (Å²) in [5.41, 5.74) is 3.37. The number of β-amino-alcohol motifs (C(OH)–C–C–N with tert-alkyl or cyclic N) is 1. The van der Waals surface area contributed by atoms with Crippen LogP contribution in [0.1, 0.15) is 0 Å². The number of anilines is 4. The standard InChI is InChI=1S/C28H28FN7O3/c1-2-25(38)31-19-5-3-4-18(14-19)21-16-26(39)33-23-17-30-28(34-27(21)23)32-20-6-7-24(22(29)15-20)36-10-8-35(9-11-36)12-13-37/h2-7,14-17,37H,1,8-13H2,(H,31,38)(H,33,39)(H,30,32,34). The molecular weight excluding hydrogens is 501 g/mol. The number of aromatic nitrogens is 3. The average molecular weight is 530 g/mol. The number of carbonyl (C=O) groups excluding carboxylic acids is 1. The van der Waals surface area contributed by atoms with Crippen LogP contribution in [0.2, 0.25) is 0 Å². The molecular formula is C28H28FN7O3. The molecule has 4 aromatic rings. The number of amides is 1. The Kier molecular flexibility index (Phi) is 7.62. The topological polar surface area (TPSA) is 126 Å². The number of nitrogens with zero attached hydrogens (tertiary/aromatic N) is 4. The molecule has 0 spiro atoms. The Morgan fingerprint density at radius 3 is 2.69 bits per heavy atom. The lowest BCUT2D eigenvalue weighted by Crippen LogP contribution is -2.47. The van der Waals surface area contributed by atoms with Crippen LogP contribution in [0.4, 0.5) is 27.4 Å². The fraction of sp³-hybridized carbons (Fsp3) is 0.214. The van der Waals surface area contributed by atoms with Gasteiger partial charge in [0.25, 0.3) is 0 Å². The predicted molar refractivity (Wildman–Crippen MR) is 150 cm³/mol. The van der Waals surface area contributed by atoms with Gasteiger partial charge in [-0.3, -0.25) is 14.5 Å². The number of rotatable bonds is 8. The van der Waals surface area contributed by atoms with Crippen molar-refractivity contribution in [1.82, 2.24) is 19.9 Å². The number of aliphatic hydroxyl groups is 1. The first-order chi connectivity index (χ1) is 18.9. The molecule has 200 valence electrons. The molecule has 0 unspecified atom stereocenters. The lowest BCUT2D eigenvalue weighted by molar-refractivity contribution is -0.111. The number of nitrogens with one attached hydrogen (secondary N) is 3. The van der Waals surface area contributed by atoms with Crippen molar-refractivity contribution in [2.45, 2.75) is 0 Å². The lowest BCUT2D eigenvalue weighted by atomic mass is 10.0. The maximum absolute atomic E-state index is 15.1. The van der Waals surface area contributed by atoms with Crippen molar-refractivity contribution in [3.8, 4) is 11.1 Å². The fourth-order valence-corrected chi connectivity index (χ4v) is 4.61. The molecule has 11 heteroatoms. The van der Waals surface area contributed by atoms with E-state index in [2.05, 4.69) is 37.1 Å². The van der Waals surface area contributed by atoms with Gasteiger partial charge in [-0.15, -0.1) is 0 Å². The van der Waals surface area contributed by atoms with E-state index in [1.807, 2.05) is 11.0 Å². The summed E-state index contributed by atoms with van der Waals surface area (Å²) in [7, 11) is 0. The molecule has 0 saturated carbocycles. The Morgan fingerprint density at radius 1 is 1.13 bits per heavy atom. The van der Waals surface area contributed by atoms with Gasteiger partial charge < -0.3 is 25.6 Å². The Labute approximate surface area is 223 Å². The van der Waals surface area contributed by atoms with Crippen LogP contribution in [0.15, 0.2) is 72.2 Å². The van der Waals surface area contributed by atoms with Gasteiger partial charge in [0.15, 0.2) is 0 Å². The number of H-pyrrole nitrogens is 1. The Balaban J connectivity index is 1.40. The van der Waals surface area contributed by atoms with Gasteiger partial charge in [0, 0.05) is 55.7 Å². The smallest absolute Gasteiger partial charge is 0.249 e. The summed E-state index contributed by atoms with van der Waals surface area (Å²) in [5, 5.41) is 14.9. The van der Waals surface area contributed by atoms with Gasteiger partial charge in [0.2, 0.25) is 17.4 Å². The fourth-order valence-electron chi connectivity index (χ4n) is 4.61. The van der Waals surface area contributed by atoms with Crippen LogP contribution in [-0.2, 0) is 4.79 Å². The number of pyridine rings is 1. The second-order valence-electron chi connectivity index (χ2n) is 9.12. The van der Waals surface area contributed by atoms with Crippen LogP contribution >= 0.6 is 0 Å². The number of hydrogen-bond acceptors (Lipinski definition) is 8. The molecule has 1 saturated heterocycles. The van der Waals surface area contributed by atoms with Gasteiger partial charge >= 0.3 is 0 Å². The summed E-state index contributed by atoms with van der Waals surface area (Å²) in [6, 6.07) is 13.4. The zero-order valence-electron chi connectivity index (χ0n) is 21.2. The summed E-state index contributed by atoms with van der Waals surface area (Å²) in [4.78, 5) is 39.9. The number of halogens is 1. The Hall–Kier alpha value is -4.61. The van der Waals surface area contributed by atoms with E-state index in [1.165, 1.54) is 24.4 Å². The maximum atomic E-state index is 15.1. The Morgan fingerprint density at radius 2 is 1.95 bits per heavy atom. The van der Waals surface area contributed by atoms with Crippen molar-refractivity contribution in [3.63, 3.8) is 0 Å². The quantitative estimate of drug-likeness (QED) is 0.257. The van der Waals surface area contributed by atoms with Gasteiger partial charge in [0.1, 0.15) is 11.3 Å². The second-order valence-corrected chi connectivity index (χ2v) is 9.12. The largest absolute Gasteiger partial charge is 0.395 e. The van der Waals surface area contributed by atoms with E-state index >= 15 is 4.39 Å². The minimum atomic E-state index is -0.361. The van der Waals surface area contributed by atoms with Crippen LogP contribution in [-0.4, -0.2) is 70.2 Å². The normalized spacial score (nSPS) is 13.8. The van der Waals surface area contributed by atoms with Gasteiger partial charge in [-0.1, -0.05) is 18.7 Å². The number of benzene rings is 2. The first kappa shape index (κ1) is 26.0. The highest BCUT2D eigenvalue weighted by atomic mass is 19.1. The number of aromatic amines is 1. The number of aliphatic hydroxyl groups excluding tert-OH is 1. The monoisotopic (exact) mass is 529 g/mol. The van der Waals surface area contributed by atoms with E-state index in [0.29, 0.717) is 58.9 Å². The molecule has 1 amide bonds. The third-order valence-electron chi connectivity index (χ3n) is 6.54. The van der Waals surface area contributed by atoms with E-state index in [0.717, 1.165) is 13.1 Å². The molecule has 2 aromatic carbocycles. The van der Waals surface area contributed by atoms with Gasteiger partial charge in [-0.25, -0.2) is 14.4 Å². The molecule has 10 nitrogen and oxygen atoms in total. The van der Waals surface area contributed by atoms with Crippen molar-refractivity contribution < 1.29 is 14.3 Å². The number of fused-ring (bicyclic) bond motifs is 1. The molecule has 0 atom stereocenters. The average Bonchev–Trinajstić information content (AvgIpc) is 2.94. The van der Waals surface area contributed by atoms with Crippen LogP contribution in [0.5, 0.6) is 0 Å². The van der Waals surface area contributed by atoms with E-state index in [4.69, 9.17) is 5.11 Å². The van der Waals surface area contributed by atoms with Crippen LogP contribution in [0.3, 0.4) is 0 Å². The van der Waals surface area contributed by atoms with Crippen molar-refractivity contribution in [3.05, 3.63) is 83.6 Å². The molecule has 5 rings (SSSR count). The van der Waals surface area contributed by atoms with Gasteiger partial charge in [-0.05, 0) is 42.0 Å². The summed E-state index contributed by atoms with van der Waals surface area (Å²) in [5.74, 6) is -0.476. The Bertz CT molecular complexity index is 1580. The second kappa shape index (κ2) is 11.4. The molecule has 2 aromatic heterocycles. The maximum Gasteiger partial charge on any atom is 0.249 e. The van der Waals surface area contributed by atoms with E-state index in [9.17, 15) is 9.59 Å². The highest BCUT2D eigenvalue weighted by Crippen LogP contribution is 2.29. The number of piperazine rings is 1. The highest BCUT2D eigenvalue weighted by molar-refractivity contribution is 6.00. The molecule has 3 heterocycles. The number of hydrogen-bond donors (Lipinski definition) is 4. The summed E-state index contributed by atoms with van der Waals surface area (Å²) in [6.07, 6.45) is 2.67. The molecule has 4 N–H and O–H groups in total. The third kappa shape index (κ3) is 5.95. The van der Waals surface area contributed by atoms with E-state index < -0.39 is 0 Å². The summed E-state index contributed by atoms with van der Waals surface area (Å²) < 4.78 is 15.1. The summed E-state index contributed by atoms with van der Waals surface area (Å²) >= 11 is 0. The predicted octanol–water partition coefficient (Wildman–Crippen LogP) is 3.11. The van der Waals surface area contributed by atoms with Crippen molar-refractivity contribution in [2.75, 3.05) is 54.9 Å². The molecule has 1 fully saturated rings. The van der Waals surface area contributed by atoms with Crippen molar-refractivity contribution in [1.29, 1.82) is 0 Å². The molecule has 1 aliphatic heterocycles. The lowest BCUT2D eigenvalue weighted by Gasteiger charge is -2.36. The molecule has 39 heavy (non-hydrogen) atoms. The SMILES string of the molecule is C=CC(=O)Nc1cccc(-c2cc(=O)[nH]c3cnc(Nc4ccc(N5CCN(CCO)CC5)c(F)c4)nc23)c1.